The summed E-state index contributed by atoms with van der Waals surface area (Å²) in [7, 11) is 0. The molecular formula is C19H27NO. The number of hydrogen-bond acceptors (Lipinski definition) is 2. The third-order valence-electron chi connectivity index (χ3n) is 5.57. The van der Waals surface area contributed by atoms with Crippen LogP contribution in [0.3, 0.4) is 0 Å². The molecule has 1 aromatic heterocycles. The maximum atomic E-state index is 11.4. The Bertz CT molecular complexity index is 502. The van der Waals surface area contributed by atoms with Gasteiger partial charge >= 0.3 is 0 Å². The summed E-state index contributed by atoms with van der Waals surface area (Å²) < 4.78 is 0. The number of carbonyl (C=O) groups is 1. The van der Waals surface area contributed by atoms with Gasteiger partial charge in [0.05, 0.1) is 0 Å². The summed E-state index contributed by atoms with van der Waals surface area (Å²) in [5.74, 6) is 1.94. The first-order chi connectivity index (χ1) is 10.2. The average molecular weight is 285 g/mol. The van der Waals surface area contributed by atoms with Crippen LogP contribution in [0.15, 0.2) is 12.1 Å². The summed E-state index contributed by atoms with van der Waals surface area (Å²) in [5, 5.41) is 0. The first-order valence-corrected chi connectivity index (χ1v) is 8.64. The summed E-state index contributed by atoms with van der Waals surface area (Å²) in [6, 6.07) is 4.39. The molecule has 3 rings (SSSR count). The van der Waals surface area contributed by atoms with E-state index in [9.17, 15) is 4.79 Å². The zero-order valence-corrected chi connectivity index (χ0v) is 13.3. The van der Waals surface area contributed by atoms with Crippen LogP contribution in [0.5, 0.6) is 0 Å². The third kappa shape index (κ3) is 3.04. The Labute approximate surface area is 128 Å². The minimum Gasteiger partial charge on any atom is -0.303 e. The number of pyridine rings is 1. The molecule has 0 amide bonds. The second-order valence-electron chi connectivity index (χ2n) is 7.29. The second kappa shape index (κ2) is 6.29. The number of rotatable bonds is 3. The van der Waals surface area contributed by atoms with Gasteiger partial charge < -0.3 is 4.79 Å². The summed E-state index contributed by atoms with van der Waals surface area (Å²) in [6.45, 7) is 4.53. The second-order valence-corrected chi connectivity index (χ2v) is 7.29. The molecule has 2 heteroatoms. The number of aromatic nitrogens is 1. The van der Waals surface area contributed by atoms with E-state index in [-0.39, 0.29) is 5.92 Å². The van der Waals surface area contributed by atoms with E-state index >= 15 is 0 Å². The SMILES string of the molecule is CC(C)C1Cc2nc(C3CCCCC3)ccc2C(C=O)C1. The lowest BCUT2D eigenvalue weighted by atomic mass is 9.74. The number of nitrogens with zero attached hydrogens (tertiary/aromatic N) is 1. The zero-order valence-electron chi connectivity index (χ0n) is 13.3. The van der Waals surface area contributed by atoms with Crippen LogP contribution < -0.4 is 0 Å². The number of hydrogen-bond donors (Lipinski definition) is 0. The standard InChI is InChI=1S/C19H27NO/c1-13(2)15-10-16(12-21)17-8-9-18(20-19(17)11-15)14-6-4-3-5-7-14/h8-9,12-16H,3-7,10-11H2,1-2H3. The molecule has 0 aliphatic heterocycles. The molecule has 1 heterocycles. The summed E-state index contributed by atoms with van der Waals surface area (Å²) in [6.07, 6.45) is 9.83. The highest BCUT2D eigenvalue weighted by atomic mass is 16.1. The fourth-order valence-electron chi connectivity index (χ4n) is 4.08. The van der Waals surface area contributed by atoms with E-state index < -0.39 is 0 Å². The van der Waals surface area contributed by atoms with Crippen molar-refractivity contribution in [3.05, 3.63) is 29.1 Å². The average Bonchev–Trinajstić information content (AvgIpc) is 2.53. The molecule has 2 atom stereocenters. The van der Waals surface area contributed by atoms with Gasteiger partial charge in [-0.3, -0.25) is 4.98 Å². The Morgan fingerprint density at radius 2 is 1.95 bits per heavy atom. The monoisotopic (exact) mass is 285 g/mol. The molecule has 2 aliphatic carbocycles. The van der Waals surface area contributed by atoms with Crippen LogP contribution in [0, 0.1) is 11.8 Å². The quantitative estimate of drug-likeness (QED) is 0.758. The van der Waals surface area contributed by atoms with Gasteiger partial charge in [0.1, 0.15) is 6.29 Å². The minimum absolute atomic E-state index is 0.0639. The molecule has 2 unspecified atom stereocenters. The highest BCUT2D eigenvalue weighted by molar-refractivity contribution is 5.63. The molecule has 0 aromatic carbocycles. The van der Waals surface area contributed by atoms with Gasteiger partial charge in [0.25, 0.3) is 0 Å². The van der Waals surface area contributed by atoms with Gasteiger partial charge in [-0.05, 0) is 49.1 Å². The van der Waals surface area contributed by atoms with Gasteiger partial charge in [-0.15, -0.1) is 0 Å². The van der Waals surface area contributed by atoms with E-state index in [0.29, 0.717) is 17.8 Å². The van der Waals surface area contributed by atoms with Crippen molar-refractivity contribution in [2.75, 3.05) is 0 Å². The molecule has 1 fully saturated rings. The van der Waals surface area contributed by atoms with Crippen LogP contribution in [0.25, 0.3) is 0 Å². The largest absolute Gasteiger partial charge is 0.303 e. The Hall–Kier alpha value is -1.18. The van der Waals surface area contributed by atoms with Crippen LogP contribution in [-0.4, -0.2) is 11.3 Å². The van der Waals surface area contributed by atoms with E-state index in [4.69, 9.17) is 4.98 Å². The number of aldehydes is 1. The van der Waals surface area contributed by atoms with Crippen molar-refractivity contribution in [1.29, 1.82) is 0 Å². The predicted octanol–water partition coefficient (Wildman–Crippen LogP) is 4.63. The molecule has 0 saturated heterocycles. The fraction of sp³-hybridized carbons (Fsp3) is 0.684. The van der Waals surface area contributed by atoms with Gasteiger partial charge in [0, 0.05) is 23.2 Å². The molecule has 0 spiro atoms. The Balaban J connectivity index is 1.89. The summed E-state index contributed by atoms with van der Waals surface area (Å²) >= 11 is 0. The van der Waals surface area contributed by atoms with E-state index in [2.05, 4.69) is 26.0 Å². The Kier molecular flexibility index (Phi) is 4.42. The van der Waals surface area contributed by atoms with Gasteiger partial charge in [-0.25, -0.2) is 0 Å². The molecule has 1 saturated carbocycles. The van der Waals surface area contributed by atoms with Crippen molar-refractivity contribution < 1.29 is 4.79 Å². The van der Waals surface area contributed by atoms with Crippen molar-refractivity contribution in [2.24, 2.45) is 11.8 Å². The smallest absolute Gasteiger partial charge is 0.127 e. The third-order valence-corrected chi connectivity index (χ3v) is 5.57. The maximum absolute atomic E-state index is 11.4. The lowest BCUT2D eigenvalue weighted by Crippen LogP contribution is -2.25. The lowest BCUT2D eigenvalue weighted by molar-refractivity contribution is -0.109. The highest BCUT2D eigenvalue weighted by Crippen LogP contribution is 2.38. The fourth-order valence-corrected chi connectivity index (χ4v) is 4.08. The Morgan fingerprint density at radius 1 is 1.19 bits per heavy atom. The molecule has 2 nitrogen and oxygen atoms in total. The highest BCUT2D eigenvalue weighted by Gasteiger charge is 2.30. The van der Waals surface area contributed by atoms with E-state index in [1.54, 1.807) is 0 Å². The van der Waals surface area contributed by atoms with E-state index in [0.717, 1.165) is 19.1 Å². The van der Waals surface area contributed by atoms with E-state index in [1.807, 2.05) is 0 Å². The predicted molar refractivity (Wildman–Crippen MR) is 85.5 cm³/mol. The van der Waals surface area contributed by atoms with Crippen LogP contribution in [0.2, 0.25) is 0 Å². The lowest BCUT2D eigenvalue weighted by Gasteiger charge is -2.31. The van der Waals surface area contributed by atoms with Gasteiger partial charge in [0.15, 0.2) is 0 Å². The minimum atomic E-state index is 0.0639. The molecule has 0 N–H and O–H groups in total. The summed E-state index contributed by atoms with van der Waals surface area (Å²) in [4.78, 5) is 16.5. The van der Waals surface area contributed by atoms with Crippen LogP contribution in [0.4, 0.5) is 0 Å². The molecule has 21 heavy (non-hydrogen) atoms. The topological polar surface area (TPSA) is 30.0 Å². The number of fused-ring (bicyclic) bond motifs is 1. The maximum Gasteiger partial charge on any atom is 0.127 e. The molecule has 1 aromatic rings. The number of carbonyl (C=O) groups excluding carboxylic acids is 1. The van der Waals surface area contributed by atoms with Gasteiger partial charge in [0.2, 0.25) is 0 Å². The van der Waals surface area contributed by atoms with Crippen molar-refractivity contribution in [3.63, 3.8) is 0 Å². The molecule has 2 aliphatic rings. The van der Waals surface area contributed by atoms with E-state index in [1.165, 1.54) is 49.1 Å². The normalized spacial score (nSPS) is 26.6. The van der Waals surface area contributed by atoms with Crippen molar-refractivity contribution in [3.8, 4) is 0 Å². The van der Waals surface area contributed by atoms with Crippen LogP contribution >= 0.6 is 0 Å². The zero-order chi connectivity index (χ0) is 14.8. The van der Waals surface area contributed by atoms with Crippen LogP contribution in [0.1, 0.15) is 81.2 Å². The first-order valence-electron chi connectivity index (χ1n) is 8.64. The van der Waals surface area contributed by atoms with Gasteiger partial charge in [-0.2, -0.15) is 0 Å². The molecule has 0 radical (unpaired) electrons. The Morgan fingerprint density at radius 3 is 2.62 bits per heavy atom. The molecule has 114 valence electrons. The molecule has 0 bridgehead atoms. The van der Waals surface area contributed by atoms with Gasteiger partial charge in [-0.1, -0.05) is 39.2 Å². The first kappa shape index (κ1) is 14.7. The van der Waals surface area contributed by atoms with Crippen molar-refractivity contribution in [1.82, 2.24) is 4.98 Å². The molecular weight excluding hydrogens is 258 g/mol. The van der Waals surface area contributed by atoms with Crippen LogP contribution in [-0.2, 0) is 11.2 Å². The summed E-state index contributed by atoms with van der Waals surface area (Å²) in [5.41, 5.74) is 3.68. The van der Waals surface area contributed by atoms with Crippen molar-refractivity contribution in [2.45, 2.75) is 70.6 Å². The van der Waals surface area contributed by atoms with Crippen molar-refractivity contribution >= 4 is 6.29 Å².